The Morgan fingerprint density at radius 1 is 1.12 bits per heavy atom. The zero-order valence-electron chi connectivity index (χ0n) is 12.3. The van der Waals surface area contributed by atoms with E-state index >= 15 is 0 Å². The number of amides is 1. The van der Waals surface area contributed by atoms with Gasteiger partial charge in [-0.2, -0.15) is 0 Å². The summed E-state index contributed by atoms with van der Waals surface area (Å²) >= 11 is 1.06. The highest BCUT2D eigenvalue weighted by Gasteiger charge is 2.34. The van der Waals surface area contributed by atoms with Gasteiger partial charge in [0.2, 0.25) is 6.79 Å². The van der Waals surface area contributed by atoms with Crippen molar-refractivity contribution in [1.29, 1.82) is 5.41 Å². The average molecular weight is 342 g/mol. The second-order valence-corrected chi connectivity index (χ2v) is 6.18. The number of thioether (sulfide) groups is 1. The number of carbonyl (C=O) groups excluding carboxylic acids is 1. The summed E-state index contributed by atoms with van der Waals surface area (Å²) < 4.78 is 23.5. The smallest absolute Gasteiger partial charge is 0.271 e. The Morgan fingerprint density at radius 3 is 2.67 bits per heavy atom. The molecule has 7 heteroatoms. The first kappa shape index (κ1) is 14.8. The highest BCUT2D eigenvalue weighted by atomic mass is 32.2. The number of fused-ring (bicyclic) bond motifs is 1. The van der Waals surface area contributed by atoms with Crippen LogP contribution in [0.3, 0.4) is 0 Å². The number of hydrogen-bond donors (Lipinski definition) is 1. The maximum Gasteiger partial charge on any atom is 0.271 e. The van der Waals surface area contributed by atoms with Crippen molar-refractivity contribution in [3.05, 3.63) is 58.8 Å². The van der Waals surface area contributed by atoms with Crippen LogP contribution < -0.4 is 14.4 Å². The van der Waals surface area contributed by atoms with E-state index in [0.717, 1.165) is 11.8 Å². The lowest BCUT2D eigenvalue weighted by Crippen LogP contribution is -2.28. The van der Waals surface area contributed by atoms with Gasteiger partial charge in [-0.3, -0.25) is 15.1 Å². The van der Waals surface area contributed by atoms with Crippen LogP contribution in [0.1, 0.15) is 5.56 Å². The van der Waals surface area contributed by atoms with Crippen LogP contribution in [-0.2, 0) is 4.79 Å². The third-order valence-electron chi connectivity index (χ3n) is 3.61. The zero-order chi connectivity index (χ0) is 16.7. The number of rotatable bonds is 2. The molecule has 120 valence electrons. The van der Waals surface area contributed by atoms with Gasteiger partial charge in [0.25, 0.3) is 5.91 Å². The van der Waals surface area contributed by atoms with Gasteiger partial charge in [0.15, 0.2) is 16.7 Å². The van der Waals surface area contributed by atoms with Crippen molar-refractivity contribution in [3.63, 3.8) is 0 Å². The molecule has 1 saturated heterocycles. The van der Waals surface area contributed by atoms with Gasteiger partial charge in [-0.1, -0.05) is 12.1 Å². The summed E-state index contributed by atoms with van der Waals surface area (Å²) in [5, 5.41) is 8.20. The summed E-state index contributed by atoms with van der Waals surface area (Å²) in [6.07, 6.45) is 1.65. The highest BCUT2D eigenvalue weighted by Crippen LogP contribution is 2.40. The lowest BCUT2D eigenvalue weighted by Gasteiger charge is -2.14. The number of halogens is 1. The number of benzene rings is 2. The van der Waals surface area contributed by atoms with Crippen molar-refractivity contribution in [2.24, 2.45) is 0 Å². The molecule has 0 bridgehead atoms. The van der Waals surface area contributed by atoms with Gasteiger partial charge in [-0.05, 0) is 47.7 Å². The van der Waals surface area contributed by atoms with Gasteiger partial charge >= 0.3 is 0 Å². The monoisotopic (exact) mass is 342 g/mol. The molecule has 2 aliphatic heterocycles. The number of ether oxygens (including phenoxy) is 2. The summed E-state index contributed by atoms with van der Waals surface area (Å²) in [5.41, 5.74) is 1.25. The van der Waals surface area contributed by atoms with Crippen LogP contribution in [-0.4, -0.2) is 17.9 Å². The summed E-state index contributed by atoms with van der Waals surface area (Å²) in [6.45, 7) is 0.147. The molecule has 0 aliphatic carbocycles. The molecule has 0 saturated carbocycles. The van der Waals surface area contributed by atoms with E-state index in [0.29, 0.717) is 27.7 Å². The molecule has 1 N–H and O–H groups in total. The lowest BCUT2D eigenvalue weighted by atomic mass is 10.2. The van der Waals surface area contributed by atoms with Gasteiger partial charge in [0, 0.05) is 6.07 Å². The number of anilines is 1. The predicted octanol–water partition coefficient (Wildman–Crippen LogP) is 3.61. The van der Waals surface area contributed by atoms with E-state index in [4.69, 9.17) is 14.9 Å². The van der Waals surface area contributed by atoms with Crippen molar-refractivity contribution in [1.82, 2.24) is 0 Å². The van der Waals surface area contributed by atoms with Crippen LogP contribution >= 0.6 is 11.8 Å². The Balaban J connectivity index is 1.65. The van der Waals surface area contributed by atoms with Crippen LogP contribution in [0.4, 0.5) is 10.1 Å². The molecule has 2 aromatic carbocycles. The first-order valence-corrected chi connectivity index (χ1v) is 7.91. The van der Waals surface area contributed by atoms with E-state index < -0.39 is 0 Å². The minimum atomic E-state index is -0.336. The largest absolute Gasteiger partial charge is 0.454 e. The van der Waals surface area contributed by atoms with Crippen LogP contribution in [0.25, 0.3) is 6.08 Å². The molecular weight excluding hydrogens is 331 g/mol. The molecule has 0 unspecified atom stereocenters. The molecule has 5 nitrogen and oxygen atoms in total. The summed E-state index contributed by atoms with van der Waals surface area (Å²) in [7, 11) is 0. The number of carbonyl (C=O) groups is 1. The fourth-order valence-electron chi connectivity index (χ4n) is 2.46. The first-order chi connectivity index (χ1) is 11.6. The third kappa shape index (κ3) is 2.52. The predicted molar refractivity (Wildman–Crippen MR) is 89.7 cm³/mol. The Hall–Kier alpha value is -2.80. The van der Waals surface area contributed by atoms with E-state index in [2.05, 4.69) is 0 Å². The van der Waals surface area contributed by atoms with Crippen LogP contribution in [0, 0.1) is 11.2 Å². The van der Waals surface area contributed by atoms with Crippen molar-refractivity contribution in [3.8, 4) is 11.5 Å². The van der Waals surface area contributed by atoms with E-state index in [1.165, 1.54) is 17.0 Å². The van der Waals surface area contributed by atoms with Crippen molar-refractivity contribution in [2.75, 3.05) is 11.7 Å². The summed E-state index contributed by atoms with van der Waals surface area (Å²) in [5.74, 6) is 0.534. The van der Waals surface area contributed by atoms with Gasteiger partial charge in [0.05, 0.1) is 10.6 Å². The molecular formula is C17H11FN2O3S. The first-order valence-electron chi connectivity index (χ1n) is 7.09. The molecule has 1 fully saturated rings. The third-order valence-corrected chi connectivity index (χ3v) is 4.49. The molecule has 0 atom stereocenters. The maximum absolute atomic E-state index is 13.0. The lowest BCUT2D eigenvalue weighted by molar-refractivity contribution is -0.113. The molecule has 2 aromatic rings. The second-order valence-electron chi connectivity index (χ2n) is 5.15. The molecule has 0 aromatic heterocycles. The Bertz CT molecular complexity index is 880. The molecule has 1 amide bonds. The second kappa shape index (κ2) is 5.68. The molecule has 0 spiro atoms. The van der Waals surface area contributed by atoms with Gasteiger partial charge in [0.1, 0.15) is 5.82 Å². The standard InChI is InChI=1S/C17H11FN2O3S/c18-11-3-1-10(2-4-11)7-15-16(21)20(17(19)24-15)12-5-6-13-14(8-12)23-9-22-13/h1-8,19H,9H2/b15-7-,19-17?. The quantitative estimate of drug-likeness (QED) is 0.847. The van der Waals surface area contributed by atoms with Gasteiger partial charge in [-0.25, -0.2) is 4.39 Å². The Morgan fingerprint density at radius 2 is 1.88 bits per heavy atom. The minimum Gasteiger partial charge on any atom is -0.454 e. The maximum atomic E-state index is 13.0. The number of nitrogens with one attached hydrogen (secondary N) is 1. The van der Waals surface area contributed by atoms with E-state index in [9.17, 15) is 9.18 Å². The zero-order valence-corrected chi connectivity index (χ0v) is 13.1. The molecule has 2 aliphatic rings. The van der Waals surface area contributed by atoms with Crippen molar-refractivity contribution >= 4 is 34.6 Å². The molecule has 24 heavy (non-hydrogen) atoms. The van der Waals surface area contributed by atoms with Crippen LogP contribution in [0.15, 0.2) is 47.4 Å². The molecule has 2 heterocycles. The SMILES string of the molecule is N=C1S/C(=C\c2ccc(F)cc2)C(=O)N1c1ccc2c(c1)OCO2. The Kier molecular flexibility index (Phi) is 3.50. The van der Waals surface area contributed by atoms with E-state index in [1.807, 2.05) is 0 Å². The van der Waals surface area contributed by atoms with Gasteiger partial charge < -0.3 is 9.47 Å². The van der Waals surface area contributed by atoms with E-state index in [1.54, 1.807) is 36.4 Å². The van der Waals surface area contributed by atoms with Crippen LogP contribution in [0.2, 0.25) is 0 Å². The normalized spacial score (nSPS) is 17.9. The average Bonchev–Trinajstić information content (AvgIpc) is 3.14. The van der Waals surface area contributed by atoms with Crippen molar-refractivity contribution in [2.45, 2.75) is 0 Å². The number of nitrogens with zero attached hydrogens (tertiary/aromatic N) is 1. The van der Waals surface area contributed by atoms with Crippen molar-refractivity contribution < 1.29 is 18.7 Å². The Labute approximate surface area is 141 Å². The van der Waals surface area contributed by atoms with Gasteiger partial charge in [-0.15, -0.1) is 0 Å². The van der Waals surface area contributed by atoms with E-state index in [-0.39, 0.29) is 23.7 Å². The topological polar surface area (TPSA) is 62.6 Å². The highest BCUT2D eigenvalue weighted by molar-refractivity contribution is 8.19. The van der Waals surface area contributed by atoms with Crippen LogP contribution in [0.5, 0.6) is 11.5 Å². The number of hydrogen-bond acceptors (Lipinski definition) is 5. The molecule has 0 radical (unpaired) electrons. The summed E-state index contributed by atoms with van der Waals surface area (Å²) in [6, 6.07) is 10.9. The fourth-order valence-corrected chi connectivity index (χ4v) is 3.32. The molecule has 4 rings (SSSR count). The minimum absolute atomic E-state index is 0.104. The fraction of sp³-hybridized carbons (Fsp3) is 0.0588. The number of amidine groups is 1. The summed E-state index contributed by atoms with van der Waals surface area (Å²) in [4.78, 5) is 14.4.